The standard InChI is InChI=1S/C17H15ClFN3O/c18-17-9-16(19)14(11-21-17)3-1-13-2-4-15(20-10-13)12-22-5-7-23-8-6-22/h2,4,9-11H,5-8,12H2. The number of rotatable bonds is 2. The average Bonchev–Trinajstić information content (AvgIpc) is 2.56. The summed E-state index contributed by atoms with van der Waals surface area (Å²) >= 11 is 5.61. The van der Waals surface area contributed by atoms with Gasteiger partial charge in [-0.25, -0.2) is 9.37 Å². The number of nitrogens with zero attached hydrogens (tertiary/aromatic N) is 3. The van der Waals surface area contributed by atoms with Gasteiger partial charge >= 0.3 is 0 Å². The molecule has 4 nitrogen and oxygen atoms in total. The summed E-state index contributed by atoms with van der Waals surface area (Å²) in [5, 5.41) is 0.113. The molecular weight excluding hydrogens is 317 g/mol. The smallest absolute Gasteiger partial charge is 0.143 e. The predicted molar refractivity (Wildman–Crippen MR) is 85.5 cm³/mol. The van der Waals surface area contributed by atoms with Crippen LogP contribution in [0.4, 0.5) is 4.39 Å². The molecule has 0 N–H and O–H groups in total. The molecule has 2 aromatic heterocycles. The van der Waals surface area contributed by atoms with E-state index in [-0.39, 0.29) is 10.7 Å². The van der Waals surface area contributed by atoms with Gasteiger partial charge in [-0.3, -0.25) is 9.88 Å². The second-order valence-electron chi connectivity index (χ2n) is 5.16. The molecule has 0 bridgehead atoms. The van der Waals surface area contributed by atoms with Crippen LogP contribution in [0.2, 0.25) is 5.15 Å². The third kappa shape index (κ3) is 4.49. The molecule has 0 aliphatic carbocycles. The molecule has 1 aliphatic rings. The highest BCUT2D eigenvalue weighted by molar-refractivity contribution is 6.29. The molecule has 0 atom stereocenters. The van der Waals surface area contributed by atoms with Gasteiger partial charge in [0, 0.05) is 43.7 Å². The molecule has 118 valence electrons. The normalized spacial score (nSPS) is 15.0. The summed E-state index contributed by atoms with van der Waals surface area (Å²) in [5.41, 5.74) is 1.92. The molecule has 1 saturated heterocycles. The van der Waals surface area contributed by atoms with E-state index in [1.807, 2.05) is 12.1 Å². The molecule has 0 radical (unpaired) electrons. The Morgan fingerprint density at radius 2 is 2.00 bits per heavy atom. The highest BCUT2D eigenvalue weighted by atomic mass is 35.5. The van der Waals surface area contributed by atoms with Gasteiger partial charge in [-0.05, 0) is 12.1 Å². The third-order valence-corrected chi connectivity index (χ3v) is 3.68. The molecule has 23 heavy (non-hydrogen) atoms. The Hall–Kier alpha value is -2.00. The van der Waals surface area contributed by atoms with Crippen molar-refractivity contribution in [2.45, 2.75) is 6.54 Å². The van der Waals surface area contributed by atoms with Gasteiger partial charge in [0.2, 0.25) is 0 Å². The number of aromatic nitrogens is 2. The molecule has 0 amide bonds. The number of ether oxygens (including phenoxy) is 1. The fourth-order valence-electron chi connectivity index (χ4n) is 2.22. The highest BCUT2D eigenvalue weighted by Crippen LogP contribution is 2.10. The summed E-state index contributed by atoms with van der Waals surface area (Å²) in [6.45, 7) is 4.18. The maximum atomic E-state index is 13.6. The minimum absolute atomic E-state index is 0.113. The zero-order chi connectivity index (χ0) is 16.1. The zero-order valence-electron chi connectivity index (χ0n) is 12.4. The van der Waals surface area contributed by atoms with Gasteiger partial charge in [0.25, 0.3) is 0 Å². The van der Waals surface area contributed by atoms with Crippen molar-refractivity contribution in [1.29, 1.82) is 0 Å². The Balaban J connectivity index is 1.66. The Labute approximate surface area is 139 Å². The number of morpholine rings is 1. The minimum Gasteiger partial charge on any atom is -0.379 e. The molecule has 2 aromatic rings. The summed E-state index contributed by atoms with van der Waals surface area (Å²) < 4.78 is 18.9. The molecule has 0 unspecified atom stereocenters. The van der Waals surface area contributed by atoms with Crippen molar-refractivity contribution < 1.29 is 9.13 Å². The lowest BCUT2D eigenvalue weighted by atomic mass is 10.2. The molecule has 1 fully saturated rings. The number of hydrogen-bond donors (Lipinski definition) is 0. The van der Waals surface area contributed by atoms with E-state index in [0.29, 0.717) is 0 Å². The quantitative estimate of drug-likeness (QED) is 0.626. The van der Waals surface area contributed by atoms with Crippen molar-refractivity contribution in [3.05, 3.63) is 58.4 Å². The minimum atomic E-state index is -0.477. The first-order chi connectivity index (χ1) is 11.2. The molecule has 0 aromatic carbocycles. The van der Waals surface area contributed by atoms with Crippen LogP contribution in [0.3, 0.4) is 0 Å². The van der Waals surface area contributed by atoms with Crippen LogP contribution in [0.25, 0.3) is 0 Å². The molecule has 0 spiro atoms. The monoisotopic (exact) mass is 331 g/mol. The summed E-state index contributed by atoms with van der Waals surface area (Å²) in [7, 11) is 0. The number of halogens is 2. The Bertz CT molecular complexity index is 734. The summed E-state index contributed by atoms with van der Waals surface area (Å²) in [4.78, 5) is 10.5. The van der Waals surface area contributed by atoms with Gasteiger partial charge in [-0.2, -0.15) is 0 Å². The van der Waals surface area contributed by atoms with Gasteiger partial charge in [0.15, 0.2) is 0 Å². The van der Waals surface area contributed by atoms with Crippen molar-refractivity contribution in [2.24, 2.45) is 0 Å². The fourth-order valence-corrected chi connectivity index (χ4v) is 2.36. The van der Waals surface area contributed by atoms with Crippen LogP contribution in [0.5, 0.6) is 0 Å². The molecule has 0 saturated carbocycles. The van der Waals surface area contributed by atoms with E-state index in [9.17, 15) is 4.39 Å². The summed E-state index contributed by atoms with van der Waals surface area (Å²) in [5.74, 6) is 5.15. The van der Waals surface area contributed by atoms with Crippen LogP contribution in [-0.2, 0) is 11.3 Å². The SMILES string of the molecule is Fc1cc(Cl)ncc1C#Cc1ccc(CN2CCOCC2)nc1. The average molecular weight is 332 g/mol. The largest absolute Gasteiger partial charge is 0.379 e. The molecule has 1 aliphatic heterocycles. The van der Waals surface area contributed by atoms with Crippen LogP contribution >= 0.6 is 11.6 Å². The lowest BCUT2D eigenvalue weighted by Crippen LogP contribution is -2.35. The van der Waals surface area contributed by atoms with E-state index in [0.717, 1.165) is 50.2 Å². The third-order valence-electron chi connectivity index (χ3n) is 3.48. The van der Waals surface area contributed by atoms with E-state index in [1.54, 1.807) is 6.20 Å². The second-order valence-corrected chi connectivity index (χ2v) is 5.55. The van der Waals surface area contributed by atoms with E-state index >= 15 is 0 Å². The van der Waals surface area contributed by atoms with Gasteiger partial charge < -0.3 is 4.74 Å². The first-order valence-corrected chi connectivity index (χ1v) is 7.66. The van der Waals surface area contributed by atoms with Crippen molar-refractivity contribution in [2.75, 3.05) is 26.3 Å². The van der Waals surface area contributed by atoms with Crippen LogP contribution in [0.15, 0.2) is 30.6 Å². The van der Waals surface area contributed by atoms with Crippen LogP contribution < -0.4 is 0 Å². The van der Waals surface area contributed by atoms with Crippen LogP contribution in [-0.4, -0.2) is 41.2 Å². The number of hydrogen-bond acceptors (Lipinski definition) is 4. The van der Waals surface area contributed by atoms with Crippen LogP contribution in [0, 0.1) is 17.7 Å². The van der Waals surface area contributed by atoms with E-state index in [2.05, 4.69) is 26.7 Å². The second kappa shape index (κ2) is 7.51. The van der Waals surface area contributed by atoms with Gasteiger partial charge in [-0.15, -0.1) is 0 Å². The van der Waals surface area contributed by atoms with Gasteiger partial charge in [0.05, 0.1) is 24.5 Å². The molecule has 3 rings (SSSR count). The Morgan fingerprint density at radius 1 is 1.17 bits per heavy atom. The number of pyridine rings is 2. The van der Waals surface area contributed by atoms with E-state index < -0.39 is 5.82 Å². The lowest BCUT2D eigenvalue weighted by molar-refractivity contribution is 0.0336. The van der Waals surface area contributed by atoms with Crippen molar-refractivity contribution in [3.8, 4) is 11.8 Å². The zero-order valence-corrected chi connectivity index (χ0v) is 13.2. The van der Waals surface area contributed by atoms with Crippen molar-refractivity contribution >= 4 is 11.6 Å². The molecule has 3 heterocycles. The van der Waals surface area contributed by atoms with Gasteiger partial charge in [0.1, 0.15) is 11.0 Å². The summed E-state index contributed by atoms with van der Waals surface area (Å²) in [6, 6.07) is 4.97. The maximum Gasteiger partial charge on any atom is 0.143 e. The topological polar surface area (TPSA) is 38.2 Å². The highest BCUT2D eigenvalue weighted by Gasteiger charge is 2.10. The molecular formula is C17H15ClFN3O. The van der Waals surface area contributed by atoms with Gasteiger partial charge in [-0.1, -0.05) is 23.4 Å². The van der Waals surface area contributed by atoms with E-state index in [1.165, 1.54) is 6.20 Å². The van der Waals surface area contributed by atoms with E-state index in [4.69, 9.17) is 16.3 Å². The van der Waals surface area contributed by atoms with Crippen LogP contribution in [0.1, 0.15) is 16.8 Å². The lowest BCUT2D eigenvalue weighted by Gasteiger charge is -2.26. The maximum absolute atomic E-state index is 13.6. The Morgan fingerprint density at radius 3 is 2.70 bits per heavy atom. The first-order valence-electron chi connectivity index (χ1n) is 7.29. The fraction of sp³-hybridized carbons (Fsp3) is 0.294. The predicted octanol–water partition coefficient (Wildman–Crippen LogP) is 2.50. The molecule has 6 heteroatoms. The summed E-state index contributed by atoms with van der Waals surface area (Å²) in [6.07, 6.45) is 3.02. The first kappa shape index (κ1) is 15.9. The van der Waals surface area contributed by atoms with Crippen molar-refractivity contribution in [3.63, 3.8) is 0 Å². The Kier molecular flexibility index (Phi) is 5.19. The van der Waals surface area contributed by atoms with Crippen molar-refractivity contribution in [1.82, 2.24) is 14.9 Å².